The average molecular weight is 609 g/mol. The smallest absolute Gasteiger partial charge is 0.272 e. The Morgan fingerprint density at radius 2 is 1.76 bits per heavy atom. The van der Waals surface area contributed by atoms with E-state index in [1.807, 2.05) is 24.4 Å². The van der Waals surface area contributed by atoms with Gasteiger partial charge in [-0.3, -0.25) is 19.6 Å². The molecule has 0 unspecified atom stereocenters. The van der Waals surface area contributed by atoms with E-state index in [2.05, 4.69) is 26.2 Å². The van der Waals surface area contributed by atoms with Crippen LogP contribution in [0.5, 0.6) is 0 Å². The van der Waals surface area contributed by atoms with Crippen molar-refractivity contribution in [3.63, 3.8) is 0 Å². The average Bonchev–Trinajstić information content (AvgIpc) is 3.88. The summed E-state index contributed by atoms with van der Waals surface area (Å²) in [7, 11) is 1.70. The molecular formula is C35H34F2N6O2. The number of pyridine rings is 2. The van der Waals surface area contributed by atoms with Crippen LogP contribution in [0.2, 0.25) is 0 Å². The first-order chi connectivity index (χ1) is 21.8. The highest BCUT2D eigenvalue weighted by Crippen LogP contribution is 2.50. The molecule has 3 N–H and O–H groups in total. The number of nitrogens with one attached hydrogen (secondary N) is 1. The molecule has 3 heterocycles. The highest BCUT2D eigenvalue weighted by molar-refractivity contribution is 5.93. The van der Waals surface area contributed by atoms with Gasteiger partial charge in [-0.2, -0.15) is 5.10 Å². The predicted molar refractivity (Wildman–Crippen MR) is 168 cm³/mol. The lowest BCUT2D eigenvalue weighted by atomic mass is 9.92. The van der Waals surface area contributed by atoms with Crippen molar-refractivity contribution in [1.29, 1.82) is 0 Å². The molecule has 10 heteroatoms. The molecule has 0 aliphatic heterocycles. The van der Waals surface area contributed by atoms with Gasteiger partial charge >= 0.3 is 0 Å². The van der Waals surface area contributed by atoms with Gasteiger partial charge in [0, 0.05) is 42.6 Å². The highest BCUT2D eigenvalue weighted by atomic mass is 19.1. The first kappa shape index (κ1) is 30.2. The fraction of sp³-hybridized carbons (Fsp3) is 0.286. The Hall–Kier alpha value is -4.83. The van der Waals surface area contributed by atoms with Gasteiger partial charge in [0.1, 0.15) is 11.6 Å². The fourth-order valence-electron chi connectivity index (χ4n) is 6.08. The number of H-pyrrole nitrogens is 1. The van der Waals surface area contributed by atoms with Crippen molar-refractivity contribution in [2.45, 2.75) is 57.0 Å². The zero-order valence-corrected chi connectivity index (χ0v) is 25.0. The maximum absolute atomic E-state index is 14.1. The molecule has 8 nitrogen and oxygen atoms in total. The van der Waals surface area contributed by atoms with Crippen molar-refractivity contribution in [2.24, 2.45) is 5.73 Å². The van der Waals surface area contributed by atoms with Crippen LogP contribution >= 0.6 is 0 Å². The Balaban J connectivity index is 0.000000301. The number of aromatic amines is 1. The number of amides is 1. The van der Waals surface area contributed by atoms with E-state index in [9.17, 15) is 18.4 Å². The van der Waals surface area contributed by atoms with Gasteiger partial charge in [-0.15, -0.1) is 0 Å². The number of carbonyl (C=O) groups is 1. The number of benzene rings is 2. The van der Waals surface area contributed by atoms with E-state index in [-0.39, 0.29) is 30.1 Å². The van der Waals surface area contributed by atoms with Gasteiger partial charge in [-0.25, -0.2) is 13.9 Å². The summed E-state index contributed by atoms with van der Waals surface area (Å²) < 4.78 is 28.1. The van der Waals surface area contributed by atoms with E-state index in [1.165, 1.54) is 61.3 Å². The normalized spacial score (nSPS) is 14.7. The van der Waals surface area contributed by atoms with Crippen molar-refractivity contribution in [3.05, 3.63) is 123 Å². The van der Waals surface area contributed by atoms with E-state index >= 15 is 0 Å². The summed E-state index contributed by atoms with van der Waals surface area (Å²) in [4.78, 5) is 35.8. The molecule has 5 aromatic rings. The summed E-state index contributed by atoms with van der Waals surface area (Å²) in [5.41, 5.74) is 9.78. The Morgan fingerprint density at radius 1 is 0.978 bits per heavy atom. The predicted octanol–water partition coefficient (Wildman–Crippen LogP) is 5.37. The van der Waals surface area contributed by atoms with Crippen LogP contribution in [0.3, 0.4) is 0 Å². The van der Waals surface area contributed by atoms with Crippen LogP contribution in [0.25, 0.3) is 21.9 Å². The Labute approximate surface area is 259 Å². The molecule has 0 atom stereocenters. The van der Waals surface area contributed by atoms with Crippen molar-refractivity contribution >= 4 is 16.7 Å². The molecule has 0 bridgehead atoms. The summed E-state index contributed by atoms with van der Waals surface area (Å²) in [6, 6.07) is 16.5. The SMILES string of the molecule is CN(Cc1ccc(-c2c(F)cccc2F)cn1)C(=O)C1(c2ccc3c(=O)[nH]nc(CN)c3c2)CC1.c1cnc2c(c1)CCCC2. The van der Waals surface area contributed by atoms with Crippen LogP contribution in [-0.2, 0) is 36.1 Å². The number of hydrogen-bond donors (Lipinski definition) is 2. The topological polar surface area (TPSA) is 118 Å². The standard InChI is InChI=1S/C26H23F2N5O2.C9H11N/c1-33(14-17-7-5-15(13-30-17)23-20(27)3-2-4-21(23)28)25(35)26(9-10-26)16-6-8-18-19(11-16)22(12-29)31-32-24(18)34;1-2-6-9-8(4-1)5-3-7-10-9/h2-8,11,13H,9-10,12,14,29H2,1H3,(H,32,34);3,5,7H,1-2,4,6H2. The Bertz CT molecular complexity index is 1880. The Morgan fingerprint density at radius 3 is 2.44 bits per heavy atom. The number of rotatable bonds is 6. The summed E-state index contributed by atoms with van der Waals surface area (Å²) in [6.45, 7) is 0.402. The van der Waals surface area contributed by atoms with Crippen molar-refractivity contribution < 1.29 is 13.6 Å². The third kappa shape index (κ3) is 6.10. The highest BCUT2D eigenvalue weighted by Gasteiger charge is 2.52. The second-order valence-electron chi connectivity index (χ2n) is 11.7. The summed E-state index contributed by atoms with van der Waals surface area (Å²) in [6.07, 6.45) is 9.78. The largest absolute Gasteiger partial charge is 0.339 e. The maximum atomic E-state index is 14.1. The summed E-state index contributed by atoms with van der Waals surface area (Å²) >= 11 is 0. The molecule has 2 aliphatic carbocycles. The molecule has 2 aliphatic rings. The summed E-state index contributed by atoms with van der Waals surface area (Å²) in [5.74, 6) is -1.38. The zero-order chi connectivity index (χ0) is 31.6. The van der Waals surface area contributed by atoms with Crippen molar-refractivity contribution in [3.8, 4) is 11.1 Å². The van der Waals surface area contributed by atoms with Crippen molar-refractivity contribution in [1.82, 2.24) is 25.1 Å². The van der Waals surface area contributed by atoms with E-state index in [0.717, 1.165) is 5.56 Å². The number of aryl methyl sites for hydroxylation is 2. The first-order valence-electron chi connectivity index (χ1n) is 15.1. The molecule has 1 fully saturated rings. The first-order valence-corrected chi connectivity index (χ1v) is 15.1. The Kier molecular flexibility index (Phi) is 8.49. The van der Waals surface area contributed by atoms with Crippen LogP contribution in [0, 0.1) is 11.6 Å². The zero-order valence-electron chi connectivity index (χ0n) is 25.0. The summed E-state index contributed by atoms with van der Waals surface area (Å²) in [5, 5.41) is 7.61. The van der Waals surface area contributed by atoms with Crippen molar-refractivity contribution in [2.75, 3.05) is 7.05 Å². The third-order valence-corrected chi connectivity index (χ3v) is 8.69. The molecule has 0 saturated heterocycles. The quantitative estimate of drug-likeness (QED) is 0.268. The van der Waals surface area contributed by atoms with Gasteiger partial charge in [0.05, 0.1) is 34.3 Å². The number of aromatic nitrogens is 4. The molecular weight excluding hydrogens is 574 g/mol. The number of fused-ring (bicyclic) bond motifs is 2. The number of likely N-dealkylation sites (N-methyl/N-ethyl adjacent to an activating group) is 1. The third-order valence-electron chi connectivity index (χ3n) is 8.69. The van der Waals surface area contributed by atoms with Gasteiger partial charge in [0.15, 0.2) is 0 Å². The molecule has 230 valence electrons. The second kappa shape index (κ2) is 12.6. The van der Waals surface area contributed by atoms with Gasteiger partial charge < -0.3 is 10.6 Å². The van der Waals surface area contributed by atoms with Crippen LogP contribution in [0.15, 0.2) is 77.9 Å². The number of nitrogens with two attached hydrogens (primary N) is 1. The molecule has 1 saturated carbocycles. The number of nitrogens with zero attached hydrogens (tertiary/aromatic N) is 4. The lowest BCUT2D eigenvalue weighted by Gasteiger charge is -2.24. The van der Waals surface area contributed by atoms with E-state index in [4.69, 9.17) is 5.73 Å². The molecule has 2 aromatic carbocycles. The molecule has 7 rings (SSSR count). The van der Waals surface area contributed by atoms with Gasteiger partial charge in [-0.05, 0) is 86.1 Å². The van der Waals surface area contributed by atoms with Crippen LogP contribution in [0.1, 0.15) is 53.9 Å². The monoisotopic (exact) mass is 608 g/mol. The molecule has 1 amide bonds. The minimum Gasteiger partial charge on any atom is -0.339 e. The van der Waals surface area contributed by atoms with Gasteiger partial charge in [0.2, 0.25) is 5.91 Å². The van der Waals surface area contributed by atoms with Crippen LogP contribution in [-0.4, -0.2) is 38.0 Å². The van der Waals surface area contributed by atoms with Gasteiger partial charge in [0.25, 0.3) is 5.56 Å². The minimum atomic E-state index is -0.673. The molecule has 0 radical (unpaired) electrons. The van der Waals surface area contributed by atoms with E-state index in [0.29, 0.717) is 40.6 Å². The second-order valence-corrected chi connectivity index (χ2v) is 11.7. The van der Waals surface area contributed by atoms with E-state index < -0.39 is 17.0 Å². The van der Waals surface area contributed by atoms with Crippen LogP contribution < -0.4 is 11.3 Å². The molecule has 0 spiro atoms. The maximum Gasteiger partial charge on any atom is 0.272 e. The lowest BCUT2D eigenvalue weighted by molar-refractivity contribution is -0.133. The fourth-order valence-corrected chi connectivity index (χ4v) is 6.08. The number of halogens is 2. The minimum absolute atomic E-state index is 0.0602. The number of hydrogen-bond acceptors (Lipinski definition) is 6. The number of carbonyl (C=O) groups excluding carboxylic acids is 1. The van der Waals surface area contributed by atoms with Gasteiger partial charge in [-0.1, -0.05) is 24.3 Å². The van der Waals surface area contributed by atoms with Crippen LogP contribution in [0.4, 0.5) is 8.78 Å². The van der Waals surface area contributed by atoms with E-state index in [1.54, 1.807) is 30.1 Å². The molecule has 3 aromatic heterocycles. The molecule has 45 heavy (non-hydrogen) atoms. The lowest BCUT2D eigenvalue weighted by Crippen LogP contribution is -2.36.